The minimum atomic E-state index is -1.97. The van der Waals surface area contributed by atoms with Gasteiger partial charge in [-0.05, 0) is 51.4 Å². The average Bonchev–Trinajstić information content (AvgIpc) is 3.24. The van der Waals surface area contributed by atoms with Gasteiger partial charge < -0.3 is 69.6 Å². The second-order valence-corrected chi connectivity index (χ2v) is 17.9. The quantitative estimate of drug-likeness (QED) is 0.0240. The van der Waals surface area contributed by atoms with Crippen LogP contribution < -0.4 is 0 Å². The number of carbonyl (C=O) groups excluding carboxylic acids is 5. The van der Waals surface area contributed by atoms with Crippen LogP contribution in [0.2, 0.25) is 0 Å². The van der Waals surface area contributed by atoms with E-state index in [1.165, 1.54) is 0 Å². The van der Waals surface area contributed by atoms with E-state index in [1.54, 1.807) is 0 Å². The first-order valence-corrected chi connectivity index (χ1v) is 24.7. The van der Waals surface area contributed by atoms with E-state index in [4.69, 9.17) is 28.8 Å². The first kappa shape index (κ1) is 64.0. The molecule has 0 saturated heterocycles. The molecule has 0 aliphatic carbocycles. The average molecular weight is 969 g/mol. The van der Waals surface area contributed by atoms with Gasteiger partial charge in [0.1, 0.15) is 55.4 Å². The van der Waals surface area contributed by atoms with Crippen LogP contribution in [-0.4, -0.2) is 162 Å². The summed E-state index contributed by atoms with van der Waals surface area (Å²) in [6.07, 6.45) is -6.01. The van der Waals surface area contributed by atoms with Crippen molar-refractivity contribution in [3.8, 4) is 0 Å². The van der Waals surface area contributed by atoms with Gasteiger partial charge >= 0.3 is 29.8 Å². The summed E-state index contributed by atoms with van der Waals surface area (Å²) in [5, 5.41) is 91.1. The van der Waals surface area contributed by atoms with Crippen molar-refractivity contribution in [3.63, 3.8) is 0 Å². The van der Waals surface area contributed by atoms with E-state index in [-0.39, 0.29) is 32.1 Å². The Balaban J connectivity index is 5.60. The van der Waals surface area contributed by atoms with Gasteiger partial charge in [-0.3, -0.25) is 24.0 Å². The molecule has 0 amide bonds. The lowest BCUT2D eigenvalue weighted by Crippen LogP contribution is -2.47. The van der Waals surface area contributed by atoms with Crippen molar-refractivity contribution >= 4 is 29.8 Å². The third-order valence-electron chi connectivity index (χ3n) is 11.2. The number of unbranched alkanes of at least 4 members (excludes halogenated alkanes) is 8. The van der Waals surface area contributed by atoms with Gasteiger partial charge in [-0.2, -0.15) is 0 Å². The summed E-state index contributed by atoms with van der Waals surface area (Å²) in [5.74, 6) is -3.92. The zero-order valence-corrected chi connectivity index (χ0v) is 40.9. The normalized spacial score (nSPS) is 17.0. The maximum atomic E-state index is 13.2. The van der Waals surface area contributed by atoms with Crippen LogP contribution in [0.25, 0.3) is 0 Å². The van der Waals surface area contributed by atoms with E-state index in [1.807, 2.05) is 27.7 Å². The molecule has 12 atom stereocenters. The first-order valence-electron chi connectivity index (χ1n) is 24.7. The molecule has 0 rings (SSSR count). The molecule has 0 saturated carbocycles. The van der Waals surface area contributed by atoms with E-state index in [0.717, 1.165) is 64.7 Å². The lowest BCUT2D eigenvalue weighted by Gasteiger charge is -2.26. The van der Waals surface area contributed by atoms with Gasteiger partial charge in [0, 0.05) is 26.2 Å². The van der Waals surface area contributed by atoms with E-state index >= 15 is 0 Å². The fourth-order valence-electron chi connectivity index (χ4n) is 7.52. The van der Waals surface area contributed by atoms with Crippen LogP contribution in [0.4, 0.5) is 0 Å². The predicted molar refractivity (Wildman–Crippen MR) is 245 cm³/mol. The fraction of sp³-hybridized carbons (Fsp3) is 0.896. The highest BCUT2D eigenvalue weighted by Crippen LogP contribution is 2.22. The Labute approximate surface area is 397 Å². The molecule has 0 aromatic heterocycles. The SMILES string of the molecule is CCCCCC(O)CC(O)CC(=O)OC(CCCCC)CC(O)CC(=O)OC(CCCCC)CC(O)CC(=O)OC(CCCCC)CC(CC(=O)OC[C@@H](O)[C@@H](O)[C@H](O)[C@H](O)CO)OC(C)=O. The van der Waals surface area contributed by atoms with E-state index in [9.17, 15) is 64.8 Å². The third-order valence-corrected chi connectivity index (χ3v) is 11.2. The van der Waals surface area contributed by atoms with Crippen LogP contribution in [0.15, 0.2) is 0 Å². The van der Waals surface area contributed by atoms with Gasteiger partial charge in [0.05, 0.1) is 56.7 Å². The molecule has 0 aromatic carbocycles. The summed E-state index contributed by atoms with van der Waals surface area (Å²) in [6.45, 7) is 7.44. The van der Waals surface area contributed by atoms with Crippen LogP contribution in [-0.2, 0) is 47.7 Å². The zero-order chi connectivity index (χ0) is 50.7. The molecular weight excluding hydrogens is 881 g/mol. The summed E-state index contributed by atoms with van der Waals surface area (Å²) in [5.41, 5.74) is 0. The Morgan fingerprint density at radius 2 is 0.776 bits per heavy atom. The molecule has 0 fully saturated rings. The van der Waals surface area contributed by atoms with Crippen molar-refractivity contribution < 1.29 is 93.6 Å². The molecule has 19 heteroatoms. The Morgan fingerprint density at radius 1 is 0.403 bits per heavy atom. The molecule has 0 bridgehead atoms. The van der Waals surface area contributed by atoms with Crippen molar-refractivity contribution in [1.82, 2.24) is 0 Å². The van der Waals surface area contributed by atoms with Crippen molar-refractivity contribution in [1.29, 1.82) is 0 Å². The van der Waals surface area contributed by atoms with E-state index < -0.39 is 136 Å². The lowest BCUT2D eigenvalue weighted by atomic mass is 10.0. The van der Waals surface area contributed by atoms with Gasteiger partial charge in [-0.25, -0.2) is 0 Å². The number of hydrogen-bond acceptors (Lipinski definition) is 19. The number of ether oxygens (including phenoxy) is 5. The minimum Gasteiger partial charge on any atom is -0.463 e. The van der Waals surface area contributed by atoms with Crippen LogP contribution in [0.1, 0.15) is 189 Å². The number of esters is 5. The number of rotatable bonds is 42. The van der Waals surface area contributed by atoms with Gasteiger partial charge in [0.15, 0.2) is 0 Å². The topological polar surface area (TPSA) is 314 Å². The molecule has 0 heterocycles. The summed E-state index contributed by atoms with van der Waals surface area (Å²) in [4.78, 5) is 63.9. The van der Waals surface area contributed by atoms with Crippen molar-refractivity contribution in [2.45, 2.75) is 262 Å². The maximum absolute atomic E-state index is 13.2. The lowest BCUT2D eigenvalue weighted by molar-refractivity contribution is -0.163. The molecule has 67 heavy (non-hydrogen) atoms. The maximum Gasteiger partial charge on any atom is 0.309 e. The largest absolute Gasteiger partial charge is 0.463 e. The predicted octanol–water partition coefficient (Wildman–Crippen LogP) is 3.52. The standard InChI is InChI=1S/C48H88O19/c1-6-10-14-18-33(51)22-34(52)25-44(58)65-37(19-15-11-7-2)23-35(53)26-45(59)66-38(20-16-12-8-3)24-36(54)27-46(60)67-39(21-17-13-9-4)28-40(64-32(5)50)29-43(57)63-31-42(56)48(62)47(61)41(55)30-49/h33-42,47-49,51-56,61-62H,6-31H2,1-5H3/t33?,34?,35?,36?,37?,38?,39?,40?,41-,42-,47-,48-/m1/s1. The molecule has 8 unspecified atom stereocenters. The Bertz CT molecular complexity index is 1320. The molecule has 9 N–H and O–H groups in total. The fourth-order valence-corrected chi connectivity index (χ4v) is 7.52. The Kier molecular flexibility index (Phi) is 37.1. The molecule has 0 aromatic rings. The minimum absolute atomic E-state index is 0.0416. The van der Waals surface area contributed by atoms with Crippen molar-refractivity contribution in [2.24, 2.45) is 0 Å². The Hall–Kier alpha value is -3.01. The van der Waals surface area contributed by atoms with Gasteiger partial charge in [0.2, 0.25) is 0 Å². The summed E-state index contributed by atoms with van der Waals surface area (Å²) >= 11 is 0. The highest BCUT2D eigenvalue weighted by atomic mass is 16.6. The third kappa shape index (κ3) is 33.2. The molecule has 0 radical (unpaired) electrons. The number of carbonyl (C=O) groups is 5. The molecule has 0 spiro atoms. The van der Waals surface area contributed by atoms with Gasteiger partial charge in [-0.15, -0.1) is 0 Å². The smallest absolute Gasteiger partial charge is 0.309 e. The zero-order valence-electron chi connectivity index (χ0n) is 40.9. The molecule has 0 aliphatic rings. The summed E-state index contributed by atoms with van der Waals surface area (Å²) in [7, 11) is 0. The summed E-state index contributed by atoms with van der Waals surface area (Å²) < 4.78 is 27.4. The second-order valence-electron chi connectivity index (χ2n) is 17.9. The monoisotopic (exact) mass is 969 g/mol. The molecule has 19 nitrogen and oxygen atoms in total. The highest BCUT2D eigenvalue weighted by molar-refractivity contribution is 5.72. The highest BCUT2D eigenvalue weighted by Gasteiger charge is 2.32. The van der Waals surface area contributed by atoms with Crippen molar-refractivity contribution in [3.05, 3.63) is 0 Å². The summed E-state index contributed by atoms with van der Waals surface area (Å²) in [6, 6.07) is 0. The van der Waals surface area contributed by atoms with Crippen molar-refractivity contribution in [2.75, 3.05) is 13.2 Å². The second kappa shape index (κ2) is 38.8. The van der Waals surface area contributed by atoms with E-state index in [2.05, 4.69) is 0 Å². The van der Waals surface area contributed by atoms with Crippen LogP contribution in [0.5, 0.6) is 0 Å². The number of aliphatic hydroxyl groups excluding tert-OH is 9. The van der Waals surface area contributed by atoms with Crippen LogP contribution >= 0.6 is 0 Å². The number of hydrogen-bond donors (Lipinski definition) is 9. The number of aliphatic hydroxyl groups is 9. The van der Waals surface area contributed by atoms with Gasteiger partial charge in [0.25, 0.3) is 0 Å². The molecule has 0 aliphatic heterocycles. The molecule has 394 valence electrons. The first-order chi connectivity index (χ1) is 31.8. The van der Waals surface area contributed by atoms with Crippen LogP contribution in [0.3, 0.4) is 0 Å². The van der Waals surface area contributed by atoms with Crippen LogP contribution in [0, 0.1) is 0 Å². The van der Waals surface area contributed by atoms with E-state index in [0.29, 0.717) is 44.9 Å². The van der Waals surface area contributed by atoms with Gasteiger partial charge in [-0.1, -0.05) is 85.5 Å². The molecular formula is C48H88O19. The Morgan fingerprint density at radius 3 is 1.16 bits per heavy atom.